The van der Waals surface area contributed by atoms with E-state index in [1.165, 1.54) is 12.8 Å². The SMILES string of the molecule is O=C(Nc1cccc(-c2nncn2C2CC2)n1)c1cccc(-c2ccc(C3CC3)nc2)n1. The zero-order chi connectivity index (χ0) is 21.5. The maximum atomic E-state index is 12.9. The fourth-order valence-electron chi connectivity index (χ4n) is 3.75. The molecule has 1 N–H and O–H groups in total. The lowest BCUT2D eigenvalue weighted by atomic mass is 10.1. The van der Waals surface area contributed by atoms with Gasteiger partial charge in [-0.2, -0.15) is 0 Å². The van der Waals surface area contributed by atoms with Gasteiger partial charge in [0.1, 0.15) is 23.5 Å². The summed E-state index contributed by atoms with van der Waals surface area (Å²) in [5.41, 5.74) is 3.74. The Labute approximate surface area is 184 Å². The molecule has 0 unspecified atom stereocenters. The highest BCUT2D eigenvalue weighted by Gasteiger charge is 2.27. The maximum Gasteiger partial charge on any atom is 0.275 e. The van der Waals surface area contributed by atoms with Gasteiger partial charge in [0, 0.05) is 29.4 Å². The van der Waals surface area contributed by atoms with Gasteiger partial charge in [-0.15, -0.1) is 10.2 Å². The topological polar surface area (TPSA) is 98.5 Å². The maximum absolute atomic E-state index is 12.9. The number of hydrogen-bond donors (Lipinski definition) is 1. The molecule has 4 aromatic rings. The molecule has 6 rings (SSSR count). The van der Waals surface area contributed by atoms with Crippen LogP contribution in [0.2, 0.25) is 0 Å². The molecule has 4 aromatic heterocycles. The fraction of sp³-hybridized carbons (Fsp3) is 0.250. The number of nitrogens with zero attached hydrogens (tertiary/aromatic N) is 6. The smallest absolute Gasteiger partial charge is 0.275 e. The van der Waals surface area contributed by atoms with Crippen LogP contribution in [0.5, 0.6) is 0 Å². The van der Waals surface area contributed by atoms with Gasteiger partial charge < -0.3 is 9.88 Å². The van der Waals surface area contributed by atoms with Crippen molar-refractivity contribution in [3.05, 3.63) is 72.4 Å². The highest BCUT2D eigenvalue weighted by molar-refractivity contribution is 6.02. The Balaban J connectivity index is 1.21. The third kappa shape index (κ3) is 3.75. The number of hydrogen-bond acceptors (Lipinski definition) is 6. The predicted octanol–water partition coefficient (Wildman–Crippen LogP) is 4.26. The molecule has 0 atom stereocenters. The zero-order valence-electron chi connectivity index (χ0n) is 17.3. The molecule has 0 saturated heterocycles. The summed E-state index contributed by atoms with van der Waals surface area (Å²) in [5, 5.41) is 11.1. The molecule has 8 heteroatoms. The lowest BCUT2D eigenvalue weighted by Gasteiger charge is -2.08. The van der Waals surface area contributed by atoms with Crippen LogP contribution in [0, 0.1) is 0 Å². The molecular weight excluding hydrogens is 402 g/mol. The van der Waals surface area contributed by atoms with Gasteiger partial charge in [-0.05, 0) is 62.1 Å². The molecule has 0 bridgehead atoms. The molecule has 2 aliphatic rings. The van der Waals surface area contributed by atoms with E-state index in [0.717, 1.165) is 24.1 Å². The second kappa shape index (κ2) is 7.64. The van der Waals surface area contributed by atoms with E-state index in [1.54, 1.807) is 18.5 Å². The van der Waals surface area contributed by atoms with Crippen molar-refractivity contribution < 1.29 is 4.79 Å². The molecule has 4 heterocycles. The van der Waals surface area contributed by atoms with Gasteiger partial charge in [-0.1, -0.05) is 12.1 Å². The van der Waals surface area contributed by atoms with Crippen LogP contribution < -0.4 is 5.32 Å². The van der Waals surface area contributed by atoms with E-state index >= 15 is 0 Å². The number of aromatic nitrogens is 6. The highest BCUT2D eigenvalue weighted by atomic mass is 16.1. The molecule has 32 heavy (non-hydrogen) atoms. The van der Waals surface area contributed by atoms with Crippen molar-refractivity contribution in [2.24, 2.45) is 0 Å². The van der Waals surface area contributed by atoms with Crippen molar-refractivity contribution in [2.45, 2.75) is 37.6 Å². The number of nitrogens with one attached hydrogen (secondary N) is 1. The first kappa shape index (κ1) is 18.8. The van der Waals surface area contributed by atoms with Crippen LogP contribution in [-0.2, 0) is 0 Å². The van der Waals surface area contributed by atoms with Crippen molar-refractivity contribution in [1.82, 2.24) is 29.7 Å². The molecule has 2 aliphatic carbocycles. The summed E-state index contributed by atoms with van der Waals surface area (Å²) in [5.74, 6) is 1.45. The summed E-state index contributed by atoms with van der Waals surface area (Å²) in [6, 6.07) is 15.4. The largest absolute Gasteiger partial charge is 0.309 e. The molecular formula is C24H21N7O. The quantitative estimate of drug-likeness (QED) is 0.497. The average molecular weight is 423 g/mol. The van der Waals surface area contributed by atoms with Crippen LogP contribution in [-0.4, -0.2) is 35.6 Å². The van der Waals surface area contributed by atoms with Gasteiger partial charge in [-0.3, -0.25) is 9.78 Å². The second-order valence-electron chi connectivity index (χ2n) is 8.31. The predicted molar refractivity (Wildman–Crippen MR) is 119 cm³/mol. The first-order valence-corrected chi connectivity index (χ1v) is 10.9. The fourth-order valence-corrected chi connectivity index (χ4v) is 3.75. The molecule has 0 aliphatic heterocycles. The summed E-state index contributed by atoms with van der Waals surface area (Å²) >= 11 is 0. The van der Waals surface area contributed by atoms with E-state index < -0.39 is 0 Å². The first-order valence-electron chi connectivity index (χ1n) is 10.9. The molecule has 2 saturated carbocycles. The number of carbonyl (C=O) groups is 1. The lowest BCUT2D eigenvalue weighted by molar-refractivity contribution is 0.102. The lowest BCUT2D eigenvalue weighted by Crippen LogP contribution is -2.15. The van der Waals surface area contributed by atoms with Crippen molar-refractivity contribution in [3.8, 4) is 22.8 Å². The van der Waals surface area contributed by atoms with Crippen LogP contribution >= 0.6 is 0 Å². The van der Waals surface area contributed by atoms with E-state index in [9.17, 15) is 4.79 Å². The van der Waals surface area contributed by atoms with E-state index in [4.69, 9.17) is 0 Å². The summed E-state index contributed by atoms with van der Waals surface area (Å²) < 4.78 is 2.04. The standard InChI is InChI=1S/C24H21N7O/c32-24(21-5-1-3-19(27-21)16-9-12-18(25-13-16)15-7-8-15)29-22-6-2-4-20(28-22)23-30-26-14-31(23)17-10-11-17/h1-6,9,12-15,17H,7-8,10-11H2,(H,28,29,32). The van der Waals surface area contributed by atoms with Crippen LogP contribution in [0.1, 0.15) is 53.8 Å². The highest BCUT2D eigenvalue weighted by Crippen LogP contribution is 2.39. The van der Waals surface area contributed by atoms with E-state index in [0.29, 0.717) is 40.7 Å². The Hall–Kier alpha value is -3.94. The van der Waals surface area contributed by atoms with E-state index in [2.05, 4.69) is 36.5 Å². The van der Waals surface area contributed by atoms with Crippen LogP contribution in [0.4, 0.5) is 5.82 Å². The zero-order valence-corrected chi connectivity index (χ0v) is 17.3. The van der Waals surface area contributed by atoms with Gasteiger partial charge in [0.15, 0.2) is 5.82 Å². The second-order valence-corrected chi connectivity index (χ2v) is 8.31. The van der Waals surface area contributed by atoms with E-state index in [-0.39, 0.29) is 5.91 Å². The van der Waals surface area contributed by atoms with Gasteiger partial charge >= 0.3 is 0 Å². The monoisotopic (exact) mass is 423 g/mol. The molecule has 8 nitrogen and oxygen atoms in total. The minimum absolute atomic E-state index is 0.317. The summed E-state index contributed by atoms with van der Waals surface area (Å²) in [4.78, 5) is 26.5. The molecule has 0 aromatic carbocycles. The number of anilines is 1. The first-order chi connectivity index (χ1) is 15.7. The molecule has 0 spiro atoms. The van der Waals surface area contributed by atoms with Crippen molar-refractivity contribution in [2.75, 3.05) is 5.32 Å². The van der Waals surface area contributed by atoms with Gasteiger partial charge in [0.25, 0.3) is 5.91 Å². The third-order valence-electron chi connectivity index (χ3n) is 5.79. The Morgan fingerprint density at radius 3 is 2.56 bits per heavy atom. The third-order valence-corrected chi connectivity index (χ3v) is 5.79. The minimum atomic E-state index is -0.317. The van der Waals surface area contributed by atoms with Gasteiger partial charge in [0.2, 0.25) is 0 Å². The molecule has 0 radical (unpaired) electrons. The van der Waals surface area contributed by atoms with Crippen molar-refractivity contribution >= 4 is 11.7 Å². The summed E-state index contributed by atoms with van der Waals surface area (Å²) in [6.45, 7) is 0. The van der Waals surface area contributed by atoms with Gasteiger partial charge in [-0.25, -0.2) is 9.97 Å². The van der Waals surface area contributed by atoms with Crippen LogP contribution in [0.25, 0.3) is 22.8 Å². The number of rotatable bonds is 6. The normalized spacial score (nSPS) is 15.5. The number of pyridine rings is 3. The Bertz CT molecular complexity index is 1290. The van der Waals surface area contributed by atoms with Gasteiger partial charge in [0.05, 0.1) is 5.69 Å². The Morgan fingerprint density at radius 1 is 0.938 bits per heavy atom. The number of amides is 1. The minimum Gasteiger partial charge on any atom is -0.309 e. The molecule has 2 fully saturated rings. The Morgan fingerprint density at radius 2 is 1.78 bits per heavy atom. The van der Waals surface area contributed by atoms with Crippen LogP contribution in [0.3, 0.4) is 0 Å². The van der Waals surface area contributed by atoms with Crippen molar-refractivity contribution in [3.63, 3.8) is 0 Å². The average Bonchev–Trinajstić information content (AvgIpc) is 3.78. The Kier molecular flexibility index (Phi) is 4.49. The summed E-state index contributed by atoms with van der Waals surface area (Å²) in [6.07, 6.45) is 8.26. The van der Waals surface area contributed by atoms with Crippen molar-refractivity contribution in [1.29, 1.82) is 0 Å². The molecule has 1 amide bonds. The van der Waals surface area contributed by atoms with Crippen LogP contribution in [0.15, 0.2) is 61.1 Å². The summed E-state index contributed by atoms with van der Waals surface area (Å²) in [7, 11) is 0. The van der Waals surface area contributed by atoms with E-state index in [1.807, 2.05) is 41.1 Å². The number of carbonyl (C=O) groups excluding carboxylic acids is 1. The molecule has 158 valence electrons.